The molecular formula is C14H18N4O4. The van der Waals surface area contributed by atoms with Gasteiger partial charge in [-0.05, 0) is 26.1 Å². The molecule has 118 valence electrons. The predicted molar refractivity (Wildman–Crippen MR) is 77.2 cm³/mol. The molecule has 22 heavy (non-hydrogen) atoms. The highest BCUT2D eigenvalue weighted by molar-refractivity contribution is 5.84. The lowest BCUT2D eigenvalue weighted by atomic mass is 10.2. The fourth-order valence-corrected chi connectivity index (χ4v) is 1.96. The average Bonchev–Trinajstić information content (AvgIpc) is 3.06. The highest BCUT2D eigenvalue weighted by atomic mass is 16.4. The first-order chi connectivity index (χ1) is 10.5. The zero-order valence-corrected chi connectivity index (χ0v) is 12.4. The van der Waals surface area contributed by atoms with Crippen molar-refractivity contribution in [2.75, 3.05) is 13.6 Å². The van der Waals surface area contributed by atoms with Gasteiger partial charge in [0.25, 0.3) is 0 Å². The van der Waals surface area contributed by atoms with E-state index in [1.54, 1.807) is 6.20 Å². The number of carboxylic acid groups (broad SMARTS) is 1. The molecule has 0 saturated heterocycles. The summed E-state index contributed by atoms with van der Waals surface area (Å²) in [5.74, 6) is -1.04. The number of likely N-dealkylation sites (N-methyl/N-ethyl adjacent to an activating group) is 1. The molecule has 2 aromatic heterocycles. The van der Waals surface area contributed by atoms with Gasteiger partial charge in [0.15, 0.2) is 0 Å². The summed E-state index contributed by atoms with van der Waals surface area (Å²) in [5.41, 5.74) is 2.01. The van der Waals surface area contributed by atoms with Crippen molar-refractivity contribution in [3.8, 4) is 0 Å². The first kappa shape index (κ1) is 15.8. The third-order valence-corrected chi connectivity index (χ3v) is 3.12. The van der Waals surface area contributed by atoms with E-state index in [2.05, 4.69) is 15.5 Å². The lowest BCUT2D eigenvalue weighted by Gasteiger charge is -2.15. The largest absolute Gasteiger partial charge is 0.475 e. The smallest absolute Gasteiger partial charge is 0.371 e. The molecule has 0 atom stereocenters. The Morgan fingerprint density at radius 3 is 2.82 bits per heavy atom. The summed E-state index contributed by atoms with van der Waals surface area (Å²) >= 11 is 0. The van der Waals surface area contributed by atoms with E-state index in [1.165, 1.54) is 12.1 Å². The summed E-state index contributed by atoms with van der Waals surface area (Å²) < 4.78 is 5.06. The van der Waals surface area contributed by atoms with Crippen molar-refractivity contribution in [2.24, 2.45) is 0 Å². The summed E-state index contributed by atoms with van der Waals surface area (Å²) in [7, 11) is 1.83. The van der Waals surface area contributed by atoms with Crippen molar-refractivity contribution in [1.29, 1.82) is 0 Å². The molecule has 0 fully saturated rings. The van der Waals surface area contributed by atoms with Crippen molar-refractivity contribution in [2.45, 2.75) is 20.0 Å². The maximum atomic E-state index is 11.8. The second-order valence-electron chi connectivity index (χ2n) is 5.04. The highest BCUT2D eigenvalue weighted by Gasteiger charge is 2.12. The number of amides is 1. The number of aromatic amines is 1. The number of hydrogen-bond acceptors (Lipinski definition) is 5. The summed E-state index contributed by atoms with van der Waals surface area (Å²) in [5, 5.41) is 18.2. The summed E-state index contributed by atoms with van der Waals surface area (Å²) in [6.07, 6.45) is 1.74. The molecule has 2 rings (SSSR count). The van der Waals surface area contributed by atoms with Crippen LogP contribution in [0, 0.1) is 6.92 Å². The summed E-state index contributed by atoms with van der Waals surface area (Å²) in [4.78, 5) is 24.4. The van der Waals surface area contributed by atoms with Crippen LogP contribution in [-0.4, -0.2) is 45.7 Å². The fraction of sp³-hybridized carbons (Fsp3) is 0.357. The number of carbonyl (C=O) groups excluding carboxylic acids is 1. The van der Waals surface area contributed by atoms with Gasteiger partial charge in [-0.3, -0.25) is 14.8 Å². The SMILES string of the molecule is Cc1[nH]ncc1CN(C)CC(=O)NCc1ccc(C(=O)O)o1. The minimum absolute atomic E-state index is 0.142. The topological polar surface area (TPSA) is 111 Å². The van der Waals surface area contributed by atoms with Crippen LogP contribution in [0.3, 0.4) is 0 Å². The third kappa shape index (κ3) is 4.19. The van der Waals surface area contributed by atoms with Crippen molar-refractivity contribution in [1.82, 2.24) is 20.4 Å². The first-order valence-electron chi connectivity index (χ1n) is 6.72. The van der Waals surface area contributed by atoms with Gasteiger partial charge in [-0.1, -0.05) is 0 Å². The number of furan rings is 1. The number of aromatic nitrogens is 2. The Labute approximate surface area is 127 Å². The molecule has 0 aliphatic rings. The number of hydrogen-bond donors (Lipinski definition) is 3. The Hall–Kier alpha value is -2.61. The van der Waals surface area contributed by atoms with Crippen LogP contribution in [0.15, 0.2) is 22.7 Å². The van der Waals surface area contributed by atoms with Gasteiger partial charge in [-0.2, -0.15) is 5.10 Å². The van der Waals surface area contributed by atoms with Crippen molar-refractivity contribution in [3.05, 3.63) is 41.1 Å². The minimum Gasteiger partial charge on any atom is -0.475 e. The van der Waals surface area contributed by atoms with Crippen LogP contribution in [0.5, 0.6) is 0 Å². The molecule has 0 unspecified atom stereocenters. The molecule has 2 heterocycles. The van der Waals surface area contributed by atoms with E-state index in [0.29, 0.717) is 12.3 Å². The zero-order chi connectivity index (χ0) is 16.1. The average molecular weight is 306 g/mol. The van der Waals surface area contributed by atoms with Crippen LogP contribution in [-0.2, 0) is 17.9 Å². The standard InChI is InChI=1S/C14H18N4O4/c1-9-10(5-16-17-9)7-18(2)8-13(19)15-6-11-3-4-12(22-11)14(20)21/h3-5H,6-8H2,1-2H3,(H,15,19)(H,16,17)(H,20,21). The number of aryl methyl sites for hydroxylation is 1. The van der Waals surface area contributed by atoms with Crippen molar-refractivity contribution >= 4 is 11.9 Å². The normalized spacial score (nSPS) is 10.9. The van der Waals surface area contributed by atoms with E-state index in [1.807, 2.05) is 18.9 Å². The molecule has 2 aromatic rings. The first-order valence-corrected chi connectivity index (χ1v) is 6.72. The maximum absolute atomic E-state index is 11.8. The second kappa shape index (κ2) is 6.90. The Bertz CT molecular complexity index is 661. The number of carbonyl (C=O) groups is 2. The molecule has 0 bridgehead atoms. The molecule has 8 heteroatoms. The Morgan fingerprint density at radius 1 is 1.45 bits per heavy atom. The maximum Gasteiger partial charge on any atom is 0.371 e. The lowest BCUT2D eigenvalue weighted by molar-refractivity contribution is -0.122. The van der Waals surface area contributed by atoms with Gasteiger partial charge >= 0.3 is 5.97 Å². The van der Waals surface area contributed by atoms with Gasteiger partial charge in [0.2, 0.25) is 11.7 Å². The third-order valence-electron chi connectivity index (χ3n) is 3.12. The molecule has 0 spiro atoms. The predicted octanol–water partition coefficient (Wildman–Crippen LogP) is 0.758. The van der Waals surface area contributed by atoms with E-state index in [-0.39, 0.29) is 24.8 Å². The number of nitrogens with one attached hydrogen (secondary N) is 2. The summed E-state index contributed by atoms with van der Waals surface area (Å²) in [6, 6.07) is 2.89. The zero-order valence-electron chi connectivity index (χ0n) is 12.4. The number of aromatic carboxylic acids is 1. The highest BCUT2D eigenvalue weighted by Crippen LogP contribution is 2.08. The number of rotatable bonds is 7. The van der Waals surface area contributed by atoms with E-state index < -0.39 is 5.97 Å². The molecular weight excluding hydrogens is 288 g/mol. The van der Waals surface area contributed by atoms with Crippen LogP contribution in [0.25, 0.3) is 0 Å². The molecule has 0 aliphatic heterocycles. The van der Waals surface area contributed by atoms with E-state index >= 15 is 0 Å². The van der Waals surface area contributed by atoms with Gasteiger partial charge in [0, 0.05) is 17.8 Å². The molecule has 0 radical (unpaired) electrons. The fourth-order valence-electron chi connectivity index (χ4n) is 1.96. The number of nitrogens with zero attached hydrogens (tertiary/aromatic N) is 2. The van der Waals surface area contributed by atoms with Gasteiger partial charge in [0.1, 0.15) is 5.76 Å². The van der Waals surface area contributed by atoms with Crippen molar-refractivity contribution < 1.29 is 19.1 Å². The van der Waals surface area contributed by atoms with Crippen LogP contribution in [0.1, 0.15) is 27.6 Å². The Balaban J connectivity index is 1.77. The minimum atomic E-state index is -1.13. The van der Waals surface area contributed by atoms with Crippen LogP contribution < -0.4 is 5.32 Å². The van der Waals surface area contributed by atoms with Crippen LogP contribution in [0.4, 0.5) is 0 Å². The number of carboxylic acids is 1. The van der Waals surface area contributed by atoms with Gasteiger partial charge in [-0.15, -0.1) is 0 Å². The van der Waals surface area contributed by atoms with E-state index in [9.17, 15) is 9.59 Å². The quantitative estimate of drug-likeness (QED) is 0.696. The lowest BCUT2D eigenvalue weighted by Crippen LogP contribution is -2.34. The van der Waals surface area contributed by atoms with Gasteiger partial charge in [0.05, 0.1) is 19.3 Å². The molecule has 8 nitrogen and oxygen atoms in total. The van der Waals surface area contributed by atoms with Gasteiger partial charge in [-0.25, -0.2) is 4.79 Å². The monoisotopic (exact) mass is 306 g/mol. The second-order valence-corrected chi connectivity index (χ2v) is 5.04. The molecule has 0 aliphatic carbocycles. The Kier molecular flexibility index (Phi) is 4.95. The van der Waals surface area contributed by atoms with Crippen molar-refractivity contribution in [3.63, 3.8) is 0 Å². The number of H-pyrrole nitrogens is 1. The van der Waals surface area contributed by atoms with Gasteiger partial charge < -0.3 is 14.8 Å². The van der Waals surface area contributed by atoms with Crippen LogP contribution in [0.2, 0.25) is 0 Å². The van der Waals surface area contributed by atoms with E-state index in [4.69, 9.17) is 9.52 Å². The van der Waals surface area contributed by atoms with Crippen LogP contribution >= 0.6 is 0 Å². The molecule has 0 aromatic carbocycles. The molecule has 0 saturated carbocycles. The summed E-state index contributed by atoms with van der Waals surface area (Å²) in [6.45, 7) is 2.91. The van der Waals surface area contributed by atoms with E-state index in [0.717, 1.165) is 11.3 Å². The Morgan fingerprint density at radius 2 is 2.23 bits per heavy atom. The molecule has 3 N–H and O–H groups in total. The molecule has 1 amide bonds.